The van der Waals surface area contributed by atoms with Crippen LogP contribution >= 0.6 is 23.4 Å². The van der Waals surface area contributed by atoms with Gasteiger partial charge in [0.2, 0.25) is 0 Å². The summed E-state index contributed by atoms with van der Waals surface area (Å²) in [4.78, 5) is 0. The molecule has 2 heteroatoms. The van der Waals surface area contributed by atoms with Crippen LogP contribution in [0.25, 0.3) is 0 Å². The minimum Gasteiger partial charge on any atom is -0.143 e. The lowest BCUT2D eigenvalue weighted by Crippen LogP contribution is -1.82. The second kappa shape index (κ2) is 3.82. The molecule has 0 atom stereocenters. The van der Waals surface area contributed by atoms with E-state index in [1.54, 1.807) is 11.8 Å². The molecule has 0 amide bonds. The molecule has 0 spiro atoms. The second-order valence-corrected chi connectivity index (χ2v) is 3.47. The highest BCUT2D eigenvalue weighted by Crippen LogP contribution is 2.08. The van der Waals surface area contributed by atoms with E-state index in [9.17, 15) is 0 Å². The summed E-state index contributed by atoms with van der Waals surface area (Å²) >= 11 is 7.11. The fraction of sp³-hybridized carbons (Fsp3) is 1.00. The van der Waals surface area contributed by atoms with Gasteiger partial charge in [0.1, 0.15) is 0 Å². The van der Waals surface area contributed by atoms with Gasteiger partial charge in [0.15, 0.2) is 0 Å². The molecule has 0 saturated carbocycles. The summed E-state index contributed by atoms with van der Waals surface area (Å²) in [6.07, 6.45) is 0. The fourth-order valence-corrected chi connectivity index (χ4v) is 1.13. The quantitative estimate of drug-likeness (QED) is 0.510. The number of alkyl halides is 1. The highest BCUT2D eigenvalue weighted by atomic mass is 35.5. The first-order valence-corrected chi connectivity index (χ1v) is 3.53. The molecule has 0 unspecified atom stereocenters. The molecule has 38 valence electrons. The lowest BCUT2D eigenvalue weighted by atomic mass is 10.6. The Labute approximate surface area is 48.3 Å². The fourth-order valence-electron chi connectivity index (χ4n) is 0.126. The zero-order chi connectivity index (χ0) is 4.99. The highest BCUT2D eigenvalue weighted by Gasteiger charge is 1.86. The standard InChI is InChI=1S/C4H9ClS/c1-4(2)6-3-5/h4H,3H2,1-2H3. The highest BCUT2D eigenvalue weighted by molar-refractivity contribution is 8.00. The van der Waals surface area contributed by atoms with Gasteiger partial charge in [-0.05, 0) is 0 Å². The van der Waals surface area contributed by atoms with Crippen molar-refractivity contribution in [2.45, 2.75) is 19.1 Å². The van der Waals surface area contributed by atoms with Crippen molar-refractivity contribution >= 4 is 23.4 Å². The number of hydrogen-bond acceptors (Lipinski definition) is 1. The average molecular weight is 125 g/mol. The van der Waals surface area contributed by atoms with Gasteiger partial charge in [-0.1, -0.05) is 13.8 Å². The van der Waals surface area contributed by atoms with Gasteiger partial charge in [-0.15, -0.1) is 23.4 Å². The minimum atomic E-state index is 0.683. The molecule has 0 aliphatic carbocycles. The van der Waals surface area contributed by atoms with Crippen LogP contribution in [0.4, 0.5) is 0 Å². The first-order chi connectivity index (χ1) is 2.77. The maximum atomic E-state index is 5.36. The summed E-state index contributed by atoms with van der Waals surface area (Å²) in [5.74, 6) is 0. The van der Waals surface area contributed by atoms with E-state index in [-0.39, 0.29) is 0 Å². The van der Waals surface area contributed by atoms with E-state index in [1.165, 1.54) is 0 Å². The molecular formula is C4H9ClS. The molecule has 0 aliphatic rings. The normalized spacial score (nSPS) is 10.0. The van der Waals surface area contributed by atoms with Crippen LogP contribution in [0.5, 0.6) is 0 Å². The number of halogens is 1. The average Bonchev–Trinajstić information content (AvgIpc) is 1.35. The van der Waals surface area contributed by atoms with Crippen molar-refractivity contribution in [1.82, 2.24) is 0 Å². The van der Waals surface area contributed by atoms with Crippen LogP contribution in [0.15, 0.2) is 0 Å². The van der Waals surface area contributed by atoms with Crippen molar-refractivity contribution in [3.8, 4) is 0 Å². The molecular weight excluding hydrogens is 116 g/mol. The van der Waals surface area contributed by atoms with E-state index in [1.807, 2.05) is 0 Å². The van der Waals surface area contributed by atoms with Gasteiger partial charge in [0, 0.05) is 5.25 Å². The largest absolute Gasteiger partial charge is 0.143 e. The first kappa shape index (κ1) is 6.64. The van der Waals surface area contributed by atoms with Gasteiger partial charge >= 0.3 is 0 Å². The lowest BCUT2D eigenvalue weighted by Gasteiger charge is -1.95. The van der Waals surface area contributed by atoms with Crippen molar-refractivity contribution in [3.05, 3.63) is 0 Å². The molecule has 0 aromatic rings. The zero-order valence-electron chi connectivity index (χ0n) is 4.07. The van der Waals surface area contributed by atoms with Gasteiger partial charge in [0.25, 0.3) is 0 Å². The molecule has 0 fully saturated rings. The Hall–Kier alpha value is 0.640. The Balaban J connectivity index is 2.63. The van der Waals surface area contributed by atoms with Crippen LogP contribution in [0.1, 0.15) is 13.8 Å². The van der Waals surface area contributed by atoms with Crippen molar-refractivity contribution in [2.75, 3.05) is 5.21 Å². The Morgan fingerprint density at radius 3 is 2.17 bits per heavy atom. The Bertz CT molecular complexity index is 28.7. The van der Waals surface area contributed by atoms with E-state index >= 15 is 0 Å². The van der Waals surface area contributed by atoms with Crippen LogP contribution in [-0.4, -0.2) is 10.5 Å². The summed E-state index contributed by atoms with van der Waals surface area (Å²) in [6, 6.07) is 0. The summed E-state index contributed by atoms with van der Waals surface area (Å²) in [7, 11) is 0. The second-order valence-electron chi connectivity index (χ2n) is 1.32. The van der Waals surface area contributed by atoms with Crippen molar-refractivity contribution in [1.29, 1.82) is 0 Å². The molecule has 0 heterocycles. The molecule has 6 heavy (non-hydrogen) atoms. The number of rotatable bonds is 2. The van der Waals surface area contributed by atoms with Crippen LogP contribution in [0, 0.1) is 0 Å². The topological polar surface area (TPSA) is 0 Å². The van der Waals surface area contributed by atoms with E-state index in [2.05, 4.69) is 13.8 Å². The molecule has 0 aliphatic heterocycles. The zero-order valence-corrected chi connectivity index (χ0v) is 5.64. The molecule has 0 rings (SSSR count). The lowest BCUT2D eigenvalue weighted by molar-refractivity contribution is 1.12. The molecule has 0 aromatic carbocycles. The third kappa shape index (κ3) is 4.64. The van der Waals surface area contributed by atoms with Gasteiger partial charge in [0.05, 0.1) is 5.21 Å². The predicted octanol–water partition coefficient (Wildman–Crippen LogP) is 2.32. The van der Waals surface area contributed by atoms with E-state index in [0.29, 0.717) is 5.25 Å². The van der Waals surface area contributed by atoms with Crippen molar-refractivity contribution in [3.63, 3.8) is 0 Å². The van der Waals surface area contributed by atoms with Crippen LogP contribution in [0.3, 0.4) is 0 Å². The molecule has 0 aromatic heterocycles. The van der Waals surface area contributed by atoms with E-state index in [4.69, 9.17) is 11.6 Å². The first-order valence-electron chi connectivity index (χ1n) is 1.95. The minimum absolute atomic E-state index is 0.683. The summed E-state index contributed by atoms with van der Waals surface area (Å²) in [5, 5.41) is 1.40. The predicted molar refractivity (Wildman–Crippen MR) is 33.4 cm³/mol. The van der Waals surface area contributed by atoms with E-state index < -0.39 is 0 Å². The SMILES string of the molecule is CC(C)SCCl. The summed E-state index contributed by atoms with van der Waals surface area (Å²) in [6.45, 7) is 4.26. The van der Waals surface area contributed by atoms with Crippen LogP contribution < -0.4 is 0 Å². The number of thioether (sulfide) groups is 1. The molecule has 0 N–H and O–H groups in total. The smallest absolute Gasteiger partial charge is 0.0682 e. The molecule has 0 radical (unpaired) electrons. The van der Waals surface area contributed by atoms with E-state index in [0.717, 1.165) is 5.21 Å². The Morgan fingerprint density at radius 1 is 1.67 bits per heavy atom. The van der Waals surface area contributed by atoms with Crippen LogP contribution in [0.2, 0.25) is 0 Å². The monoisotopic (exact) mass is 124 g/mol. The van der Waals surface area contributed by atoms with Gasteiger partial charge in [-0.2, -0.15) is 0 Å². The van der Waals surface area contributed by atoms with Crippen LogP contribution in [-0.2, 0) is 0 Å². The van der Waals surface area contributed by atoms with Gasteiger partial charge < -0.3 is 0 Å². The maximum absolute atomic E-state index is 5.36. The summed E-state index contributed by atoms with van der Waals surface area (Å²) in [5.41, 5.74) is 0. The number of hydrogen-bond donors (Lipinski definition) is 0. The molecule has 0 bridgehead atoms. The molecule has 0 saturated heterocycles. The van der Waals surface area contributed by atoms with Gasteiger partial charge in [-0.25, -0.2) is 0 Å². The van der Waals surface area contributed by atoms with Gasteiger partial charge in [-0.3, -0.25) is 0 Å². The van der Waals surface area contributed by atoms with Crippen molar-refractivity contribution in [2.24, 2.45) is 0 Å². The summed E-state index contributed by atoms with van der Waals surface area (Å²) < 4.78 is 0. The Morgan fingerprint density at radius 2 is 2.17 bits per heavy atom. The maximum Gasteiger partial charge on any atom is 0.0682 e. The molecule has 0 nitrogen and oxygen atoms in total. The third-order valence-corrected chi connectivity index (χ3v) is 1.57. The van der Waals surface area contributed by atoms with Crippen molar-refractivity contribution < 1.29 is 0 Å². The Kier molecular flexibility index (Phi) is 4.22. The third-order valence-electron chi connectivity index (χ3n) is 0.396.